The van der Waals surface area contributed by atoms with Crippen LogP contribution in [0.4, 0.5) is 0 Å². The first-order chi connectivity index (χ1) is 10.2. The summed E-state index contributed by atoms with van der Waals surface area (Å²) in [5.41, 5.74) is 1.55. The van der Waals surface area contributed by atoms with Crippen molar-refractivity contribution in [3.05, 3.63) is 59.7 Å². The zero-order chi connectivity index (χ0) is 14.8. The van der Waals surface area contributed by atoms with Gasteiger partial charge in [-0.15, -0.1) is 0 Å². The first-order valence-corrected chi connectivity index (χ1v) is 7.04. The lowest BCUT2D eigenvalue weighted by molar-refractivity contribution is 0.0825. The predicted octanol–water partition coefficient (Wildman–Crippen LogP) is 3.03. The summed E-state index contributed by atoms with van der Waals surface area (Å²) < 4.78 is 5.81. The predicted molar refractivity (Wildman–Crippen MR) is 79.5 cm³/mol. The van der Waals surface area contributed by atoms with Gasteiger partial charge >= 0.3 is 0 Å². The van der Waals surface area contributed by atoms with E-state index >= 15 is 0 Å². The summed E-state index contributed by atoms with van der Waals surface area (Å²) in [6.45, 7) is 2.04. The van der Waals surface area contributed by atoms with Gasteiger partial charge in [0.25, 0.3) is 5.91 Å². The second kappa shape index (κ2) is 5.48. The molecule has 0 saturated carbocycles. The molecule has 0 aliphatic carbocycles. The Morgan fingerprint density at radius 3 is 2.71 bits per heavy atom. The average Bonchev–Trinajstić information content (AvgIpc) is 2.84. The van der Waals surface area contributed by atoms with Gasteiger partial charge in [0.2, 0.25) is 0 Å². The minimum atomic E-state index is -0.403. The van der Waals surface area contributed by atoms with Crippen molar-refractivity contribution in [3.63, 3.8) is 0 Å². The molecule has 0 radical (unpaired) electrons. The van der Waals surface area contributed by atoms with Crippen molar-refractivity contribution in [2.75, 3.05) is 0 Å². The number of amides is 1. The third-order valence-electron chi connectivity index (χ3n) is 3.76. The molecule has 4 nitrogen and oxygen atoms in total. The molecular formula is C17H17NO3. The molecule has 0 bridgehead atoms. The summed E-state index contributed by atoms with van der Waals surface area (Å²) in [4.78, 5) is 12.2. The van der Waals surface area contributed by atoms with E-state index in [0.717, 1.165) is 17.7 Å². The fourth-order valence-corrected chi connectivity index (χ4v) is 2.68. The number of fused-ring (bicyclic) bond motifs is 1. The lowest BCUT2D eigenvalue weighted by Crippen LogP contribution is -2.40. The quantitative estimate of drug-likeness (QED) is 0.910. The van der Waals surface area contributed by atoms with Crippen molar-refractivity contribution in [1.82, 2.24) is 5.32 Å². The monoisotopic (exact) mass is 283 g/mol. The van der Waals surface area contributed by atoms with E-state index in [4.69, 9.17) is 4.74 Å². The number of aromatic hydroxyl groups is 1. The second-order valence-corrected chi connectivity index (χ2v) is 5.11. The molecule has 2 aromatic rings. The van der Waals surface area contributed by atoms with Gasteiger partial charge in [0.1, 0.15) is 11.5 Å². The van der Waals surface area contributed by atoms with Crippen LogP contribution in [0.15, 0.2) is 48.5 Å². The third-order valence-corrected chi connectivity index (χ3v) is 3.76. The number of carbonyl (C=O) groups excluding carboxylic acids is 1. The standard InChI is InChI=1S/C17H17NO3/c1-2-13-14-10-12(19)8-9-15(14)21-17(13)18-16(20)11-6-4-3-5-7-11/h3-10,13,17,19H,2H2,1H3,(H,18,20). The number of nitrogens with one attached hydrogen (secondary N) is 1. The summed E-state index contributed by atoms with van der Waals surface area (Å²) in [6, 6.07) is 14.1. The molecule has 2 unspecified atom stereocenters. The van der Waals surface area contributed by atoms with Gasteiger partial charge in [-0.3, -0.25) is 4.79 Å². The molecule has 1 aliphatic heterocycles. The highest BCUT2D eigenvalue weighted by molar-refractivity contribution is 5.94. The van der Waals surface area contributed by atoms with Gasteiger partial charge in [-0.2, -0.15) is 0 Å². The normalized spacial score (nSPS) is 19.7. The Labute approximate surface area is 123 Å². The molecule has 3 rings (SSSR count). The van der Waals surface area contributed by atoms with Crippen molar-refractivity contribution < 1.29 is 14.6 Å². The topological polar surface area (TPSA) is 58.6 Å². The third kappa shape index (κ3) is 2.57. The Balaban J connectivity index is 1.80. The highest BCUT2D eigenvalue weighted by Crippen LogP contribution is 2.40. The van der Waals surface area contributed by atoms with Crippen molar-refractivity contribution in [2.24, 2.45) is 0 Å². The highest BCUT2D eigenvalue weighted by atomic mass is 16.5. The molecule has 1 amide bonds. The molecule has 0 spiro atoms. The van der Waals surface area contributed by atoms with Gasteiger partial charge in [-0.25, -0.2) is 0 Å². The van der Waals surface area contributed by atoms with E-state index in [2.05, 4.69) is 5.32 Å². The van der Waals surface area contributed by atoms with Gasteiger partial charge in [0.05, 0.1) is 0 Å². The van der Waals surface area contributed by atoms with Crippen LogP contribution in [0.25, 0.3) is 0 Å². The summed E-state index contributed by atoms with van der Waals surface area (Å²) in [6.07, 6.45) is 0.412. The Morgan fingerprint density at radius 2 is 2.00 bits per heavy atom. The molecule has 2 N–H and O–H groups in total. The van der Waals surface area contributed by atoms with E-state index < -0.39 is 6.23 Å². The maximum Gasteiger partial charge on any atom is 0.254 e. The molecule has 4 heteroatoms. The van der Waals surface area contributed by atoms with Crippen LogP contribution in [-0.4, -0.2) is 17.2 Å². The highest BCUT2D eigenvalue weighted by Gasteiger charge is 2.34. The summed E-state index contributed by atoms with van der Waals surface area (Å²) in [5.74, 6) is 0.819. The largest absolute Gasteiger partial charge is 0.508 e. The van der Waals surface area contributed by atoms with Crippen LogP contribution < -0.4 is 10.1 Å². The van der Waals surface area contributed by atoms with Gasteiger partial charge < -0.3 is 15.2 Å². The van der Waals surface area contributed by atoms with Gasteiger partial charge in [-0.1, -0.05) is 25.1 Å². The van der Waals surface area contributed by atoms with E-state index in [1.165, 1.54) is 0 Å². The number of phenols is 1. The molecular weight excluding hydrogens is 266 g/mol. The molecule has 1 aliphatic rings. The van der Waals surface area contributed by atoms with Crippen molar-refractivity contribution in [1.29, 1.82) is 0 Å². The number of phenolic OH excluding ortho intramolecular Hbond substituents is 1. The van der Waals surface area contributed by atoms with Gasteiger partial charge in [0.15, 0.2) is 6.23 Å². The molecule has 21 heavy (non-hydrogen) atoms. The fraction of sp³-hybridized carbons (Fsp3) is 0.235. The zero-order valence-electron chi connectivity index (χ0n) is 11.7. The summed E-state index contributed by atoms with van der Waals surface area (Å²) in [5, 5.41) is 12.5. The molecule has 108 valence electrons. The molecule has 1 heterocycles. The van der Waals surface area contributed by atoms with Crippen LogP contribution in [0.1, 0.15) is 35.2 Å². The lowest BCUT2D eigenvalue weighted by Gasteiger charge is -2.19. The van der Waals surface area contributed by atoms with E-state index in [1.54, 1.807) is 30.3 Å². The van der Waals surface area contributed by atoms with Gasteiger partial charge in [0, 0.05) is 17.0 Å². The number of ether oxygens (including phenoxy) is 1. The number of benzene rings is 2. The van der Waals surface area contributed by atoms with Crippen molar-refractivity contribution in [2.45, 2.75) is 25.5 Å². The van der Waals surface area contributed by atoms with E-state index in [0.29, 0.717) is 5.56 Å². The number of rotatable bonds is 3. The first-order valence-electron chi connectivity index (χ1n) is 7.04. The van der Waals surface area contributed by atoms with Crippen LogP contribution >= 0.6 is 0 Å². The fourth-order valence-electron chi connectivity index (χ4n) is 2.68. The van der Waals surface area contributed by atoms with Crippen LogP contribution in [0.2, 0.25) is 0 Å². The number of hydrogen-bond donors (Lipinski definition) is 2. The number of carbonyl (C=O) groups is 1. The maximum absolute atomic E-state index is 12.2. The molecule has 0 fully saturated rings. The molecule has 2 atom stereocenters. The Kier molecular flexibility index (Phi) is 3.52. The summed E-state index contributed by atoms with van der Waals surface area (Å²) >= 11 is 0. The number of hydrogen-bond acceptors (Lipinski definition) is 3. The van der Waals surface area contributed by atoms with E-state index in [-0.39, 0.29) is 17.6 Å². The molecule has 2 aromatic carbocycles. The Morgan fingerprint density at radius 1 is 1.24 bits per heavy atom. The van der Waals surface area contributed by atoms with E-state index in [9.17, 15) is 9.90 Å². The van der Waals surface area contributed by atoms with Crippen LogP contribution in [0.5, 0.6) is 11.5 Å². The SMILES string of the molecule is CCC1c2cc(O)ccc2OC1NC(=O)c1ccccc1. The van der Waals surface area contributed by atoms with Crippen LogP contribution in [-0.2, 0) is 0 Å². The zero-order valence-corrected chi connectivity index (χ0v) is 11.7. The smallest absolute Gasteiger partial charge is 0.254 e. The van der Waals surface area contributed by atoms with Crippen LogP contribution in [0, 0.1) is 0 Å². The second-order valence-electron chi connectivity index (χ2n) is 5.11. The Hall–Kier alpha value is -2.49. The molecule has 0 aromatic heterocycles. The minimum Gasteiger partial charge on any atom is -0.508 e. The van der Waals surface area contributed by atoms with Crippen molar-refractivity contribution in [3.8, 4) is 11.5 Å². The van der Waals surface area contributed by atoms with Crippen LogP contribution in [0.3, 0.4) is 0 Å². The van der Waals surface area contributed by atoms with E-state index in [1.807, 2.05) is 25.1 Å². The Bertz CT molecular complexity index is 654. The summed E-state index contributed by atoms with van der Waals surface area (Å²) in [7, 11) is 0. The van der Waals surface area contributed by atoms with Gasteiger partial charge in [-0.05, 0) is 36.8 Å². The minimum absolute atomic E-state index is 0.0414. The van der Waals surface area contributed by atoms with Crippen molar-refractivity contribution >= 4 is 5.91 Å². The molecule has 0 saturated heterocycles. The average molecular weight is 283 g/mol. The first kappa shape index (κ1) is 13.5. The maximum atomic E-state index is 12.2. The lowest BCUT2D eigenvalue weighted by atomic mass is 9.96.